The highest BCUT2D eigenvalue weighted by Crippen LogP contribution is 2.33. The number of nitrogens with zero attached hydrogens (tertiary/aromatic N) is 1. The van der Waals surface area contributed by atoms with Crippen molar-refractivity contribution in [1.29, 1.82) is 0 Å². The Labute approximate surface area is 145 Å². The molecule has 0 fully saturated rings. The molecule has 1 aliphatic heterocycles. The fourth-order valence-corrected chi connectivity index (χ4v) is 3.49. The second-order valence-electron chi connectivity index (χ2n) is 4.91. The first kappa shape index (κ1) is 14.2. The molecular weight excluding hydrogens is 376 g/mol. The molecule has 0 bridgehead atoms. The van der Waals surface area contributed by atoms with E-state index < -0.39 is 12.2 Å². The lowest BCUT2D eigenvalue weighted by Crippen LogP contribution is -2.09. The highest BCUT2D eigenvalue weighted by atomic mass is 79.9. The average molecular weight is 385 g/mol. The second kappa shape index (κ2) is 5.69. The van der Waals surface area contributed by atoms with Gasteiger partial charge in [-0.3, -0.25) is 0 Å². The molecule has 0 aliphatic carbocycles. The predicted octanol–water partition coefficient (Wildman–Crippen LogP) is 4.45. The number of carbonyl (C=O) groups excluding carboxylic acids is 1. The Morgan fingerprint density at radius 3 is 3.13 bits per heavy atom. The van der Waals surface area contributed by atoms with Crippen LogP contribution >= 0.6 is 27.3 Å². The minimum Gasteiger partial charge on any atom is -0.433 e. The van der Waals surface area contributed by atoms with Crippen LogP contribution < -0.4 is 5.32 Å². The van der Waals surface area contributed by atoms with E-state index in [4.69, 9.17) is 4.74 Å². The van der Waals surface area contributed by atoms with Crippen molar-refractivity contribution in [3.05, 3.63) is 69.5 Å². The van der Waals surface area contributed by atoms with E-state index in [0.717, 1.165) is 21.3 Å². The number of rotatable bonds is 3. The molecule has 0 saturated heterocycles. The van der Waals surface area contributed by atoms with Crippen molar-refractivity contribution in [2.24, 2.45) is 0 Å². The van der Waals surface area contributed by atoms with Gasteiger partial charge in [-0.1, -0.05) is 40.2 Å². The Hall–Kier alpha value is -2.36. The average Bonchev–Trinajstić information content (AvgIpc) is 3.14. The molecule has 0 spiro atoms. The summed E-state index contributed by atoms with van der Waals surface area (Å²) in [7, 11) is 0. The van der Waals surface area contributed by atoms with E-state index in [1.54, 1.807) is 12.1 Å². The maximum atomic E-state index is 11.8. The van der Waals surface area contributed by atoms with Crippen molar-refractivity contribution >= 4 is 38.4 Å². The number of nitrogens with one attached hydrogen (secondary N) is 1. The molecule has 1 aromatic heterocycles. The van der Waals surface area contributed by atoms with E-state index in [2.05, 4.69) is 38.4 Å². The van der Waals surface area contributed by atoms with Gasteiger partial charge in [0, 0.05) is 21.0 Å². The zero-order chi connectivity index (χ0) is 15.8. The molecule has 2 aromatic carbocycles. The Balaban J connectivity index is 1.58. The molecule has 3 aromatic rings. The van der Waals surface area contributed by atoms with Crippen molar-refractivity contribution in [3.8, 4) is 11.3 Å². The number of esters is 1. The fourth-order valence-electron chi connectivity index (χ4n) is 2.36. The van der Waals surface area contributed by atoms with Gasteiger partial charge >= 0.3 is 5.97 Å². The lowest BCUT2D eigenvalue weighted by molar-refractivity contribution is 0.0437. The van der Waals surface area contributed by atoms with Crippen LogP contribution in [0.5, 0.6) is 0 Å². The van der Waals surface area contributed by atoms with Crippen molar-refractivity contribution in [2.75, 3.05) is 5.32 Å². The van der Waals surface area contributed by atoms with E-state index in [0.29, 0.717) is 10.7 Å². The van der Waals surface area contributed by atoms with Crippen LogP contribution in [0, 0.1) is 12.1 Å². The van der Waals surface area contributed by atoms with Crippen molar-refractivity contribution in [3.63, 3.8) is 0 Å². The van der Waals surface area contributed by atoms with Gasteiger partial charge in [0.25, 0.3) is 0 Å². The van der Waals surface area contributed by atoms with Gasteiger partial charge in [0.2, 0.25) is 6.23 Å². The molecule has 23 heavy (non-hydrogen) atoms. The molecule has 0 radical (unpaired) electrons. The Bertz CT molecular complexity index is 894. The molecule has 1 N–H and O–H groups in total. The number of fused-ring (bicyclic) bond motifs is 1. The van der Waals surface area contributed by atoms with Crippen molar-refractivity contribution < 1.29 is 9.53 Å². The Morgan fingerprint density at radius 2 is 2.26 bits per heavy atom. The van der Waals surface area contributed by atoms with Crippen molar-refractivity contribution in [2.45, 2.75) is 6.23 Å². The molecular formula is C17H9BrN2O2S. The molecule has 1 aliphatic rings. The summed E-state index contributed by atoms with van der Waals surface area (Å²) in [5.74, 6) is -0.391. The summed E-state index contributed by atoms with van der Waals surface area (Å²) in [6.45, 7) is 0. The molecule has 2 heterocycles. The highest BCUT2D eigenvalue weighted by Gasteiger charge is 2.31. The van der Waals surface area contributed by atoms with Gasteiger partial charge in [-0.05, 0) is 24.3 Å². The van der Waals surface area contributed by atoms with Crippen LogP contribution in [0.3, 0.4) is 0 Å². The summed E-state index contributed by atoms with van der Waals surface area (Å²) in [5.41, 5.74) is 3.08. The molecule has 1 atom stereocenters. The lowest BCUT2D eigenvalue weighted by Gasteiger charge is -2.11. The first-order valence-corrected chi connectivity index (χ1v) is 8.49. The number of cyclic esters (lactones) is 1. The molecule has 4 nitrogen and oxygen atoms in total. The summed E-state index contributed by atoms with van der Waals surface area (Å²) in [4.78, 5) is 16.4. The predicted molar refractivity (Wildman–Crippen MR) is 91.1 cm³/mol. The van der Waals surface area contributed by atoms with Crippen LogP contribution in [0.15, 0.2) is 46.3 Å². The third-order valence-corrected chi connectivity index (χ3v) is 4.69. The number of carbonyl (C=O) groups is 1. The van der Waals surface area contributed by atoms with Gasteiger partial charge in [-0.15, -0.1) is 11.3 Å². The zero-order valence-electron chi connectivity index (χ0n) is 11.7. The largest absolute Gasteiger partial charge is 0.433 e. The van der Waals surface area contributed by atoms with E-state index in [-0.39, 0.29) is 0 Å². The molecule has 4 rings (SSSR count). The first-order chi connectivity index (χ1) is 11.2. The van der Waals surface area contributed by atoms with Crippen molar-refractivity contribution in [1.82, 2.24) is 4.98 Å². The number of thiazole rings is 1. The third kappa shape index (κ3) is 2.69. The van der Waals surface area contributed by atoms with Gasteiger partial charge in [-0.2, -0.15) is 0 Å². The van der Waals surface area contributed by atoms with Gasteiger partial charge < -0.3 is 10.1 Å². The number of ether oxygens (including phenoxy) is 1. The summed E-state index contributed by atoms with van der Waals surface area (Å²) in [6, 6.07) is 17.0. The van der Waals surface area contributed by atoms with E-state index in [9.17, 15) is 4.79 Å². The van der Waals surface area contributed by atoms with Crippen LogP contribution in [0.25, 0.3) is 11.3 Å². The maximum absolute atomic E-state index is 11.8. The fraction of sp³-hybridized carbons (Fsp3) is 0.0588. The molecule has 0 amide bonds. The van der Waals surface area contributed by atoms with Gasteiger partial charge in [0.1, 0.15) is 5.56 Å². The standard InChI is InChI=1S/C17H9BrN2O2S/c18-11-5-3-4-10(8-11)14-9-23-17(19-14)20-15-12-6-1-2-7-13(12)16(21)22-15/h1,3-6,8-9,15H,(H,19,20). The molecule has 112 valence electrons. The maximum Gasteiger partial charge on any atom is 0.349 e. The minimum absolute atomic E-state index is 0.391. The SMILES string of the molecule is O=C1OC(Nc2nc(-c3cccc(Br)c3)cs2)c2ccc#cc21. The van der Waals surface area contributed by atoms with Crippen LogP contribution in [-0.4, -0.2) is 11.0 Å². The highest BCUT2D eigenvalue weighted by molar-refractivity contribution is 9.10. The molecule has 0 saturated carbocycles. The minimum atomic E-state index is -0.537. The quantitative estimate of drug-likeness (QED) is 0.677. The van der Waals surface area contributed by atoms with E-state index in [1.807, 2.05) is 29.6 Å². The topological polar surface area (TPSA) is 51.2 Å². The van der Waals surface area contributed by atoms with E-state index in [1.165, 1.54) is 11.3 Å². The van der Waals surface area contributed by atoms with Gasteiger partial charge in [0.05, 0.1) is 5.69 Å². The van der Waals surface area contributed by atoms with Crippen LogP contribution in [0.2, 0.25) is 0 Å². The zero-order valence-corrected chi connectivity index (χ0v) is 14.1. The van der Waals surface area contributed by atoms with Gasteiger partial charge in [-0.25, -0.2) is 9.78 Å². The monoisotopic (exact) mass is 384 g/mol. The molecule has 6 heteroatoms. The number of benzene rings is 1. The van der Waals surface area contributed by atoms with Crippen LogP contribution in [0.4, 0.5) is 5.13 Å². The van der Waals surface area contributed by atoms with Crippen LogP contribution in [0.1, 0.15) is 22.1 Å². The second-order valence-corrected chi connectivity index (χ2v) is 6.68. The third-order valence-electron chi connectivity index (χ3n) is 3.42. The summed E-state index contributed by atoms with van der Waals surface area (Å²) in [5, 5.41) is 5.81. The smallest absolute Gasteiger partial charge is 0.349 e. The van der Waals surface area contributed by atoms with E-state index >= 15 is 0 Å². The van der Waals surface area contributed by atoms with Crippen LogP contribution in [-0.2, 0) is 4.74 Å². The number of anilines is 1. The number of hydrogen-bond acceptors (Lipinski definition) is 5. The Morgan fingerprint density at radius 1 is 1.35 bits per heavy atom. The van der Waals surface area contributed by atoms with Gasteiger partial charge in [0.15, 0.2) is 5.13 Å². The summed E-state index contributed by atoms with van der Waals surface area (Å²) in [6.07, 6.45) is -0.537. The summed E-state index contributed by atoms with van der Waals surface area (Å²) >= 11 is 4.92. The first-order valence-electron chi connectivity index (χ1n) is 6.82. The normalized spacial score (nSPS) is 15.7. The lowest BCUT2D eigenvalue weighted by atomic mass is 10.1. The molecule has 1 unspecified atom stereocenters. The number of hydrogen-bond donors (Lipinski definition) is 1. The Kier molecular flexibility index (Phi) is 3.52. The number of halogens is 1. The number of aromatic nitrogens is 1. The summed E-state index contributed by atoms with van der Waals surface area (Å²) < 4.78 is 6.33.